The van der Waals surface area contributed by atoms with Gasteiger partial charge in [0.2, 0.25) is 10.0 Å². The van der Waals surface area contributed by atoms with Crippen LogP contribution in [0.4, 0.5) is 0 Å². The highest BCUT2D eigenvalue weighted by molar-refractivity contribution is 7.89. The van der Waals surface area contributed by atoms with Gasteiger partial charge in [0, 0.05) is 11.6 Å². The Bertz CT molecular complexity index is 1060. The van der Waals surface area contributed by atoms with Crippen LogP contribution in [-0.2, 0) is 10.0 Å². The first-order valence-electron chi connectivity index (χ1n) is 7.21. The molecule has 2 N–H and O–H groups in total. The van der Waals surface area contributed by atoms with Crippen molar-refractivity contribution in [2.24, 2.45) is 5.14 Å². The summed E-state index contributed by atoms with van der Waals surface area (Å²) in [5.74, 6) is 0.681. The van der Waals surface area contributed by atoms with E-state index in [-0.39, 0.29) is 16.3 Å². The van der Waals surface area contributed by atoms with Gasteiger partial charge < -0.3 is 4.74 Å². The number of benzene rings is 2. The molecule has 0 saturated carbocycles. The average Bonchev–Trinajstić information content (AvgIpc) is 3.05. The Morgan fingerprint density at radius 1 is 1.16 bits per heavy atom. The van der Waals surface area contributed by atoms with Gasteiger partial charge >= 0.3 is 0 Å². The van der Waals surface area contributed by atoms with Crippen LogP contribution < -0.4 is 9.88 Å². The molecule has 0 fully saturated rings. The number of para-hydroxylation sites is 1. The van der Waals surface area contributed by atoms with Crippen molar-refractivity contribution in [3.05, 3.63) is 60.3 Å². The minimum Gasteiger partial charge on any atom is -0.497 e. The molecule has 8 heteroatoms. The fourth-order valence-electron chi connectivity index (χ4n) is 2.46. The summed E-state index contributed by atoms with van der Waals surface area (Å²) in [5.41, 5.74) is 1.75. The van der Waals surface area contributed by atoms with Crippen molar-refractivity contribution >= 4 is 10.0 Å². The first-order valence-corrected chi connectivity index (χ1v) is 8.75. The molecular weight excluding hydrogens is 340 g/mol. The first kappa shape index (κ1) is 16.7. The molecule has 3 aromatic rings. The number of hydrogen-bond acceptors (Lipinski definition) is 5. The molecule has 0 atom stereocenters. The Labute approximate surface area is 144 Å². The molecule has 0 amide bonds. The summed E-state index contributed by atoms with van der Waals surface area (Å²) in [6.07, 6.45) is 0. The van der Waals surface area contributed by atoms with E-state index in [2.05, 4.69) is 5.10 Å². The lowest BCUT2D eigenvalue weighted by molar-refractivity contribution is 0.415. The Morgan fingerprint density at radius 2 is 1.84 bits per heavy atom. The minimum absolute atomic E-state index is 0.0719. The average molecular weight is 354 g/mol. The summed E-state index contributed by atoms with van der Waals surface area (Å²) in [6.45, 7) is 0. The second-order valence-corrected chi connectivity index (χ2v) is 6.71. The number of hydrogen-bond donors (Lipinski definition) is 1. The van der Waals surface area contributed by atoms with Crippen LogP contribution in [-0.4, -0.2) is 25.3 Å². The van der Waals surface area contributed by atoms with Gasteiger partial charge in [0.05, 0.1) is 18.5 Å². The minimum atomic E-state index is -3.95. The maximum Gasteiger partial charge on any atom is 0.240 e. The maximum absolute atomic E-state index is 11.9. The zero-order valence-corrected chi connectivity index (χ0v) is 14.1. The predicted octanol–water partition coefficient (Wildman–Crippen LogP) is 2.07. The number of primary sulfonamides is 1. The Kier molecular flexibility index (Phi) is 4.27. The number of nitriles is 1. The summed E-state index contributed by atoms with van der Waals surface area (Å²) < 4.78 is 30.3. The van der Waals surface area contributed by atoms with Crippen LogP contribution in [0.2, 0.25) is 0 Å². The SMILES string of the molecule is COc1ccc(-c2cc(C#N)nn2-c2ccccc2S(N)(=O)=O)cc1. The number of rotatable bonds is 4. The lowest BCUT2D eigenvalue weighted by atomic mass is 10.1. The molecule has 0 bridgehead atoms. The predicted molar refractivity (Wildman–Crippen MR) is 91.6 cm³/mol. The van der Waals surface area contributed by atoms with E-state index in [1.807, 2.05) is 6.07 Å². The second kappa shape index (κ2) is 6.39. The summed E-state index contributed by atoms with van der Waals surface area (Å²) >= 11 is 0. The highest BCUT2D eigenvalue weighted by atomic mass is 32.2. The van der Waals surface area contributed by atoms with E-state index in [1.165, 1.54) is 10.7 Å². The maximum atomic E-state index is 11.9. The van der Waals surface area contributed by atoms with E-state index >= 15 is 0 Å². The van der Waals surface area contributed by atoms with Gasteiger partial charge in [-0.2, -0.15) is 10.4 Å². The molecule has 0 aliphatic carbocycles. The van der Waals surface area contributed by atoms with Crippen molar-refractivity contribution < 1.29 is 13.2 Å². The molecule has 7 nitrogen and oxygen atoms in total. The van der Waals surface area contributed by atoms with Crippen molar-refractivity contribution in [2.45, 2.75) is 4.90 Å². The monoisotopic (exact) mass is 354 g/mol. The van der Waals surface area contributed by atoms with Crippen molar-refractivity contribution in [2.75, 3.05) is 7.11 Å². The number of sulfonamides is 1. The lowest BCUT2D eigenvalue weighted by Gasteiger charge is -2.11. The van der Waals surface area contributed by atoms with E-state index in [0.29, 0.717) is 11.4 Å². The molecule has 25 heavy (non-hydrogen) atoms. The van der Waals surface area contributed by atoms with Gasteiger partial charge in [-0.25, -0.2) is 18.2 Å². The van der Waals surface area contributed by atoms with E-state index in [0.717, 1.165) is 5.56 Å². The van der Waals surface area contributed by atoms with Crippen LogP contribution in [0.1, 0.15) is 5.69 Å². The van der Waals surface area contributed by atoms with Crippen LogP contribution >= 0.6 is 0 Å². The van der Waals surface area contributed by atoms with Crippen LogP contribution in [0.25, 0.3) is 16.9 Å². The molecule has 0 unspecified atom stereocenters. The topological polar surface area (TPSA) is 111 Å². The van der Waals surface area contributed by atoms with Crippen LogP contribution in [0.5, 0.6) is 5.75 Å². The number of nitrogens with zero attached hydrogens (tertiary/aromatic N) is 3. The van der Waals surface area contributed by atoms with Gasteiger partial charge in [0.15, 0.2) is 5.69 Å². The third-order valence-electron chi connectivity index (χ3n) is 3.61. The number of ether oxygens (including phenoxy) is 1. The molecule has 0 saturated heterocycles. The standard InChI is InChI=1S/C17H14N4O3S/c1-24-14-8-6-12(7-9-14)16-10-13(11-18)20-21(16)15-4-2-3-5-17(15)25(19,22)23/h2-10H,1H3,(H2,19,22,23). The van der Waals surface area contributed by atoms with Gasteiger partial charge in [-0.1, -0.05) is 12.1 Å². The van der Waals surface area contributed by atoms with Crippen molar-refractivity contribution in [1.82, 2.24) is 9.78 Å². The zero-order chi connectivity index (χ0) is 18.0. The molecule has 1 aromatic heterocycles. The van der Waals surface area contributed by atoms with Crippen molar-refractivity contribution in [3.63, 3.8) is 0 Å². The number of nitrogens with two attached hydrogens (primary N) is 1. The third kappa shape index (κ3) is 3.24. The molecule has 126 valence electrons. The first-order chi connectivity index (χ1) is 11.9. The highest BCUT2D eigenvalue weighted by Gasteiger charge is 2.19. The summed E-state index contributed by atoms with van der Waals surface area (Å²) in [5, 5.41) is 18.7. The van der Waals surface area contributed by atoms with Crippen molar-refractivity contribution in [3.8, 4) is 28.8 Å². The molecule has 3 rings (SSSR count). The summed E-state index contributed by atoms with van der Waals surface area (Å²) in [4.78, 5) is -0.0719. The fraction of sp³-hybridized carbons (Fsp3) is 0.0588. The molecular formula is C17H14N4O3S. The molecule has 0 aliphatic heterocycles. The van der Waals surface area contributed by atoms with E-state index in [9.17, 15) is 13.7 Å². The molecule has 1 heterocycles. The van der Waals surface area contributed by atoms with Gasteiger partial charge in [0.1, 0.15) is 16.7 Å². The van der Waals surface area contributed by atoms with Gasteiger partial charge in [-0.15, -0.1) is 0 Å². The highest BCUT2D eigenvalue weighted by Crippen LogP contribution is 2.28. The number of methoxy groups -OCH3 is 1. The quantitative estimate of drug-likeness (QED) is 0.771. The Morgan fingerprint density at radius 3 is 2.44 bits per heavy atom. The smallest absolute Gasteiger partial charge is 0.240 e. The lowest BCUT2D eigenvalue weighted by Crippen LogP contribution is -2.16. The van der Waals surface area contributed by atoms with E-state index in [1.54, 1.807) is 55.6 Å². The van der Waals surface area contributed by atoms with Crippen LogP contribution in [0.3, 0.4) is 0 Å². The van der Waals surface area contributed by atoms with E-state index in [4.69, 9.17) is 9.88 Å². The normalized spacial score (nSPS) is 11.1. The Hall–Kier alpha value is -3.15. The molecule has 2 aromatic carbocycles. The van der Waals surface area contributed by atoms with Crippen LogP contribution in [0, 0.1) is 11.3 Å². The van der Waals surface area contributed by atoms with Gasteiger partial charge in [0.25, 0.3) is 0 Å². The fourth-order valence-corrected chi connectivity index (χ4v) is 3.17. The van der Waals surface area contributed by atoms with Crippen LogP contribution in [0.15, 0.2) is 59.5 Å². The van der Waals surface area contributed by atoms with Crippen molar-refractivity contribution in [1.29, 1.82) is 5.26 Å². The third-order valence-corrected chi connectivity index (χ3v) is 4.57. The zero-order valence-electron chi connectivity index (χ0n) is 13.2. The van der Waals surface area contributed by atoms with E-state index < -0.39 is 10.0 Å². The largest absolute Gasteiger partial charge is 0.497 e. The summed E-state index contributed by atoms with van der Waals surface area (Å²) in [7, 11) is -2.39. The van der Waals surface area contributed by atoms with Gasteiger partial charge in [-0.3, -0.25) is 0 Å². The Balaban J connectivity index is 2.25. The molecule has 0 spiro atoms. The molecule has 0 radical (unpaired) electrons. The second-order valence-electron chi connectivity index (χ2n) is 5.18. The molecule has 0 aliphatic rings. The van der Waals surface area contributed by atoms with Gasteiger partial charge in [-0.05, 0) is 36.4 Å². The number of aromatic nitrogens is 2. The summed E-state index contributed by atoms with van der Waals surface area (Å²) in [6, 6.07) is 16.9.